The molecule has 2 atom stereocenters. The summed E-state index contributed by atoms with van der Waals surface area (Å²) in [6.45, 7) is 7.66. The number of primary amides is 1. The highest BCUT2D eigenvalue weighted by Gasteiger charge is 2.71. The topological polar surface area (TPSA) is 80.4 Å². The highest BCUT2D eigenvalue weighted by atomic mass is 16.4. The molecule has 0 aromatic carbocycles. The van der Waals surface area contributed by atoms with Crippen LogP contribution in [-0.4, -0.2) is 17.0 Å². The smallest absolute Gasteiger partial charge is 0.310 e. The van der Waals surface area contributed by atoms with Gasteiger partial charge in [0.25, 0.3) is 0 Å². The van der Waals surface area contributed by atoms with Crippen molar-refractivity contribution in [1.82, 2.24) is 0 Å². The van der Waals surface area contributed by atoms with Crippen molar-refractivity contribution in [2.75, 3.05) is 0 Å². The van der Waals surface area contributed by atoms with Gasteiger partial charge in [-0.05, 0) is 19.3 Å². The highest BCUT2D eigenvalue weighted by molar-refractivity contribution is 5.91. The molecule has 0 radical (unpaired) electrons. The monoisotopic (exact) mass is 223 g/mol. The Balaban J connectivity index is 2.61. The van der Waals surface area contributed by atoms with E-state index in [9.17, 15) is 14.7 Å². The molecule has 2 aliphatic rings. The summed E-state index contributed by atoms with van der Waals surface area (Å²) in [5.74, 6) is -1.26. The van der Waals surface area contributed by atoms with Crippen LogP contribution in [0.15, 0.2) is 12.2 Å². The van der Waals surface area contributed by atoms with E-state index in [1.54, 1.807) is 0 Å². The van der Waals surface area contributed by atoms with Gasteiger partial charge in [-0.3, -0.25) is 9.59 Å². The lowest BCUT2D eigenvalue weighted by molar-refractivity contribution is -0.153. The van der Waals surface area contributed by atoms with E-state index in [4.69, 9.17) is 5.73 Å². The van der Waals surface area contributed by atoms with Gasteiger partial charge in [-0.1, -0.05) is 26.0 Å². The van der Waals surface area contributed by atoms with E-state index in [2.05, 4.69) is 6.58 Å². The molecule has 2 fully saturated rings. The average molecular weight is 223 g/mol. The van der Waals surface area contributed by atoms with Gasteiger partial charge in [-0.25, -0.2) is 0 Å². The summed E-state index contributed by atoms with van der Waals surface area (Å²) >= 11 is 0. The number of carboxylic acids is 1. The molecule has 0 aromatic heterocycles. The lowest BCUT2D eigenvalue weighted by Crippen LogP contribution is -2.43. The standard InChI is InChI=1S/C12H17NO3/c1-7-10(2,3)12(9(15)16)5-4-11(7,6-12)8(13)14/h1,4-6H2,2-3H3,(H2,13,14)(H,15,16)/t11-,12+/m0/s1. The Labute approximate surface area is 94.5 Å². The zero-order chi connectivity index (χ0) is 12.4. The Kier molecular flexibility index (Phi) is 1.87. The SMILES string of the molecule is C=C1C(C)(C)[C@]2(C(=O)O)CC[C@]1(C(N)=O)C2. The van der Waals surface area contributed by atoms with Gasteiger partial charge in [0.2, 0.25) is 5.91 Å². The lowest BCUT2D eigenvalue weighted by Gasteiger charge is -2.41. The van der Waals surface area contributed by atoms with E-state index in [0.29, 0.717) is 24.8 Å². The van der Waals surface area contributed by atoms with Crippen LogP contribution < -0.4 is 5.73 Å². The van der Waals surface area contributed by atoms with E-state index in [-0.39, 0.29) is 0 Å². The molecule has 0 aromatic rings. The number of rotatable bonds is 2. The summed E-state index contributed by atoms with van der Waals surface area (Å²) in [7, 11) is 0. The van der Waals surface area contributed by atoms with Gasteiger partial charge in [-0.2, -0.15) is 0 Å². The molecule has 3 N–H and O–H groups in total. The zero-order valence-electron chi connectivity index (χ0n) is 9.67. The number of hydrogen-bond donors (Lipinski definition) is 2. The predicted octanol–water partition coefficient (Wildman–Crippen LogP) is 1.31. The van der Waals surface area contributed by atoms with Gasteiger partial charge in [0.15, 0.2) is 0 Å². The van der Waals surface area contributed by atoms with E-state index in [1.165, 1.54) is 0 Å². The minimum Gasteiger partial charge on any atom is -0.481 e. The summed E-state index contributed by atoms with van der Waals surface area (Å²) < 4.78 is 0. The molecule has 0 aliphatic heterocycles. The van der Waals surface area contributed by atoms with Crippen molar-refractivity contribution < 1.29 is 14.7 Å². The number of amides is 1. The maximum Gasteiger partial charge on any atom is 0.310 e. The molecule has 0 spiro atoms. The van der Waals surface area contributed by atoms with E-state index in [1.807, 2.05) is 13.8 Å². The third-order valence-electron chi connectivity index (χ3n) is 4.99. The Morgan fingerprint density at radius 2 is 1.94 bits per heavy atom. The number of nitrogens with two attached hydrogens (primary N) is 1. The fourth-order valence-electron chi connectivity index (χ4n) is 3.61. The third-order valence-corrected chi connectivity index (χ3v) is 4.99. The average Bonchev–Trinajstić information content (AvgIpc) is 2.64. The lowest BCUT2D eigenvalue weighted by atomic mass is 9.61. The van der Waals surface area contributed by atoms with Gasteiger partial charge in [-0.15, -0.1) is 0 Å². The number of hydrogen-bond acceptors (Lipinski definition) is 2. The van der Waals surface area contributed by atoms with Crippen LogP contribution in [0.3, 0.4) is 0 Å². The van der Waals surface area contributed by atoms with Crippen LogP contribution in [-0.2, 0) is 9.59 Å². The molecule has 4 heteroatoms. The quantitative estimate of drug-likeness (QED) is 0.692. The first-order valence-electron chi connectivity index (χ1n) is 5.44. The summed E-state index contributed by atoms with van der Waals surface area (Å²) in [5, 5.41) is 9.45. The maximum atomic E-state index is 11.6. The molecule has 1 amide bonds. The molecule has 4 nitrogen and oxygen atoms in total. The van der Waals surface area contributed by atoms with Crippen LogP contribution in [0.1, 0.15) is 33.1 Å². The molecular weight excluding hydrogens is 206 g/mol. The molecule has 88 valence electrons. The van der Waals surface area contributed by atoms with Crippen molar-refractivity contribution in [2.45, 2.75) is 33.1 Å². The maximum absolute atomic E-state index is 11.6. The molecule has 0 saturated heterocycles. The van der Waals surface area contributed by atoms with Gasteiger partial charge < -0.3 is 10.8 Å². The van der Waals surface area contributed by atoms with Crippen molar-refractivity contribution in [3.63, 3.8) is 0 Å². The molecule has 0 unspecified atom stereocenters. The number of carbonyl (C=O) groups is 2. The fraction of sp³-hybridized carbons (Fsp3) is 0.667. The first kappa shape index (κ1) is 11.2. The Hall–Kier alpha value is -1.32. The number of carbonyl (C=O) groups excluding carboxylic acids is 1. The summed E-state index contributed by atoms with van der Waals surface area (Å²) in [6.07, 6.45) is 1.35. The van der Waals surface area contributed by atoms with Crippen LogP contribution in [0.25, 0.3) is 0 Å². The van der Waals surface area contributed by atoms with Crippen LogP contribution in [0.2, 0.25) is 0 Å². The van der Waals surface area contributed by atoms with Gasteiger partial charge in [0.05, 0.1) is 10.8 Å². The van der Waals surface area contributed by atoms with Gasteiger partial charge in [0, 0.05) is 5.41 Å². The largest absolute Gasteiger partial charge is 0.481 e. The first-order chi connectivity index (χ1) is 7.21. The second kappa shape index (κ2) is 2.67. The summed E-state index contributed by atoms with van der Waals surface area (Å²) in [4.78, 5) is 23.1. The van der Waals surface area contributed by atoms with Gasteiger partial charge >= 0.3 is 5.97 Å². The number of carboxylic acid groups (broad SMARTS) is 1. The van der Waals surface area contributed by atoms with Crippen molar-refractivity contribution >= 4 is 11.9 Å². The van der Waals surface area contributed by atoms with Crippen molar-refractivity contribution in [3.05, 3.63) is 12.2 Å². The molecule has 2 saturated carbocycles. The molecule has 16 heavy (non-hydrogen) atoms. The van der Waals surface area contributed by atoms with Crippen LogP contribution in [0.4, 0.5) is 0 Å². The predicted molar refractivity (Wildman–Crippen MR) is 58.5 cm³/mol. The summed E-state index contributed by atoms with van der Waals surface area (Å²) in [6, 6.07) is 0. The second-order valence-electron chi connectivity index (χ2n) is 5.61. The van der Waals surface area contributed by atoms with Crippen LogP contribution >= 0.6 is 0 Å². The fourth-order valence-corrected chi connectivity index (χ4v) is 3.61. The van der Waals surface area contributed by atoms with Crippen molar-refractivity contribution in [1.29, 1.82) is 0 Å². The highest BCUT2D eigenvalue weighted by Crippen LogP contribution is 2.72. The van der Waals surface area contributed by atoms with Gasteiger partial charge in [0.1, 0.15) is 0 Å². The van der Waals surface area contributed by atoms with Crippen molar-refractivity contribution in [2.24, 2.45) is 22.0 Å². The van der Waals surface area contributed by atoms with Crippen LogP contribution in [0, 0.1) is 16.2 Å². The number of fused-ring (bicyclic) bond motifs is 2. The third kappa shape index (κ3) is 0.867. The van der Waals surface area contributed by atoms with Crippen LogP contribution in [0.5, 0.6) is 0 Å². The van der Waals surface area contributed by atoms with Crippen molar-refractivity contribution in [3.8, 4) is 0 Å². The molecule has 0 heterocycles. The minimum atomic E-state index is -0.862. The Morgan fingerprint density at radius 3 is 2.25 bits per heavy atom. The summed E-state index contributed by atoms with van der Waals surface area (Å²) in [5.41, 5.74) is 3.93. The number of aliphatic carboxylic acids is 1. The molecule has 2 bridgehead atoms. The van der Waals surface area contributed by atoms with E-state index in [0.717, 1.165) is 0 Å². The molecular formula is C12H17NO3. The zero-order valence-corrected chi connectivity index (χ0v) is 9.67. The molecule has 2 aliphatic carbocycles. The normalized spacial score (nSPS) is 40.0. The second-order valence-corrected chi connectivity index (χ2v) is 5.61. The van der Waals surface area contributed by atoms with E-state index >= 15 is 0 Å². The minimum absolute atomic E-state index is 0.316. The van der Waals surface area contributed by atoms with E-state index < -0.39 is 28.1 Å². The Bertz CT molecular complexity index is 412. The Morgan fingerprint density at radius 1 is 1.38 bits per heavy atom. The molecule has 2 rings (SSSR count). The first-order valence-corrected chi connectivity index (χ1v) is 5.44.